The maximum atomic E-state index is 13.5. The van der Waals surface area contributed by atoms with Crippen LogP contribution < -0.4 is 0 Å². The Balaban J connectivity index is 2.78. The first kappa shape index (κ1) is 12.6. The molecule has 0 N–H and O–H groups in total. The molecule has 1 rings (SSSR count). The number of hydrogen-bond acceptors (Lipinski definition) is 2. The van der Waals surface area contributed by atoms with Gasteiger partial charge in [0, 0.05) is 12.0 Å². The van der Waals surface area contributed by atoms with E-state index in [1.165, 1.54) is 0 Å². The fraction of sp³-hybridized carbons (Fsp3) is 0.385. The average Bonchev–Trinajstić information content (AvgIpc) is 2.28. The molecule has 0 spiro atoms. The van der Waals surface area contributed by atoms with Gasteiger partial charge in [0.1, 0.15) is 0 Å². The molecular weight excluding hydrogens is 207 g/mol. The molecule has 0 aliphatic heterocycles. The van der Waals surface area contributed by atoms with Crippen LogP contribution in [0.25, 0.3) is 0 Å². The first-order valence-corrected chi connectivity index (χ1v) is 5.34. The van der Waals surface area contributed by atoms with Crippen molar-refractivity contribution >= 4 is 11.6 Å². The van der Waals surface area contributed by atoms with Gasteiger partial charge in [-0.25, -0.2) is 4.39 Å². The second-order valence-electron chi connectivity index (χ2n) is 3.81. The Morgan fingerprint density at radius 1 is 1.25 bits per heavy atom. The lowest BCUT2D eigenvalue weighted by molar-refractivity contribution is -0.122. The summed E-state index contributed by atoms with van der Waals surface area (Å²) in [5.41, 5.74) is 1.24. The Hall–Kier alpha value is -1.51. The van der Waals surface area contributed by atoms with Gasteiger partial charge in [-0.05, 0) is 13.3 Å². The molecule has 1 atom stereocenters. The molecule has 0 bridgehead atoms. The molecule has 0 saturated carbocycles. The minimum Gasteiger partial charge on any atom is -0.296 e. The average molecular weight is 222 g/mol. The summed E-state index contributed by atoms with van der Waals surface area (Å²) in [6.07, 6.45) is -1.35. The maximum absolute atomic E-state index is 13.5. The molecule has 0 radical (unpaired) electrons. The van der Waals surface area contributed by atoms with Crippen molar-refractivity contribution < 1.29 is 14.0 Å². The van der Waals surface area contributed by atoms with E-state index in [0.717, 1.165) is 5.56 Å². The van der Waals surface area contributed by atoms with Crippen LogP contribution in [-0.4, -0.2) is 17.7 Å². The highest BCUT2D eigenvalue weighted by atomic mass is 19.1. The minimum absolute atomic E-state index is 0.110. The summed E-state index contributed by atoms with van der Waals surface area (Å²) >= 11 is 0. The van der Waals surface area contributed by atoms with Gasteiger partial charge in [0.15, 0.2) is 5.78 Å². The Labute approximate surface area is 94.5 Å². The van der Waals surface area contributed by atoms with Crippen molar-refractivity contribution in [1.29, 1.82) is 0 Å². The van der Waals surface area contributed by atoms with Crippen LogP contribution in [0.1, 0.15) is 35.7 Å². The monoisotopic (exact) mass is 222 g/mol. The van der Waals surface area contributed by atoms with Crippen LogP contribution in [0.4, 0.5) is 4.39 Å². The number of carbonyl (C=O) groups is 2. The van der Waals surface area contributed by atoms with Gasteiger partial charge in [-0.15, -0.1) is 0 Å². The number of halogens is 1. The first-order valence-electron chi connectivity index (χ1n) is 5.34. The predicted molar refractivity (Wildman–Crippen MR) is 60.3 cm³/mol. The molecule has 0 heterocycles. The zero-order valence-electron chi connectivity index (χ0n) is 9.50. The molecule has 0 aromatic heterocycles. The summed E-state index contributed by atoms with van der Waals surface area (Å²) in [6.45, 7) is 3.66. The number of alkyl halides is 1. The van der Waals surface area contributed by atoms with Crippen LogP contribution in [-0.2, 0) is 4.79 Å². The Morgan fingerprint density at radius 3 is 2.31 bits per heavy atom. The SMILES string of the molecule is CCCC(=O)C(F)C(=O)c1ccc(C)cc1. The van der Waals surface area contributed by atoms with Gasteiger partial charge < -0.3 is 0 Å². The van der Waals surface area contributed by atoms with E-state index in [1.807, 2.05) is 6.92 Å². The summed E-state index contributed by atoms with van der Waals surface area (Å²) in [7, 11) is 0. The summed E-state index contributed by atoms with van der Waals surface area (Å²) in [5, 5.41) is 0. The molecule has 0 amide bonds. The van der Waals surface area contributed by atoms with Crippen LogP contribution in [0, 0.1) is 6.92 Å². The van der Waals surface area contributed by atoms with Crippen molar-refractivity contribution in [2.45, 2.75) is 32.9 Å². The van der Waals surface area contributed by atoms with Crippen molar-refractivity contribution in [1.82, 2.24) is 0 Å². The molecule has 0 aliphatic rings. The van der Waals surface area contributed by atoms with Crippen LogP contribution in [0.3, 0.4) is 0 Å². The van der Waals surface area contributed by atoms with Gasteiger partial charge in [0.25, 0.3) is 0 Å². The number of rotatable bonds is 5. The summed E-state index contributed by atoms with van der Waals surface area (Å²) in [5.74, 6) is -1.37. The van der Waals surface area contributed by atoms with E-state index >= 15 is 0 Å². The number of hydrogen-bond donors (Lipinski definition) is 0. The molecular formula is C13H15FO2. The zero-order chi connectivity index (χ0) is 12.1. The number of aryl methyl sites for hydroxylation is 1. The molecule has 3 heteroatoms. The second kappa shape index (κ2) is 5.54. The standard InChI is InChI=1S/C13H15FO2/c1-3-4-11(15)12(14)13(16)10-7-5-9(2)6-8-10/h5-8,12H,3-4H2,1-2H3. The molecule has 0 aliphatic carbocycles. The Kier molecular flexibility index (Phi) is 4.35. The van der Waals surface area contributed by atoms with Crippen LogP contribution in [0.5, 0.6) is 0 Å². The lowest BCUT2D eigenvalue weighted by atomic mass is 10.0. The van der Waals surface area contributed by atoms with Gasteiger partial charge in [0.05, 0.1) is 0 Å². The van der Waals surface area contributed by atoms with Crippen molar-refractivity contribution in [3.8, 4) is 0 Å². The summed E-state index contributed by atoms with van der Waals surface area (Å²) < 4.78 is 13.5. The second-order valence-corrected chi connectivity index (χ2v) is 3.81. The Bertz CT molecular complexity index is 381. The lowest BCUT2D eigenvalue weighted by Crippen LogP contribution is -2.25. The lowest BCUT2D eigenvalue weighted by Gasteiger charge is -2.05. The largest absolute Gasteiger partial charge is 0.296 e. The van der Waals surface area contributed by atoms with E-state index in [4.69, 9.17) is 0 Å². The molecule has 1 aromatic carbocycles. The van der Waals surface area contributed by atoms with Gasteiger partial charge in [-0.2, -0.15) is 0 Å². The van der Waals surface area contributed by atoms with E-state index < -0.39 is 17.7 Å². The van der Waals surface area contributed by atoms with E-state index in [2.05, 4.69) is 0 Å². The van der Waals surface area contributed by atoms with Gasteiger partial charge in [-0.1, -0.05) is 36.8 Å². The van der Waals surface area contributed by atoms with E-state index in [1.54, 1.807) is 31.2 Å². The van der Waals surface area contributed by atoms with Gasteiger partial charge >= 0.3 is 0 Å². The van der Waals surface area contributed by atoms with Gasteiger partial charge in [-0.3, -0.25) is 9.59 Å². The van der Waals surface area contributed by atoms with E-state index in [0.29, 0.717) is 6.42 Å². The first-order chi connectivity index (χ1) is 7.56. The molecule has 2 nitrogen and oxygen atoms in total. The zero-order valence-corrected chi connectivity index (χ0v) is 9.50. The highest BCUT2D eigenvalue weighted by molar-refractivity contribution is 6.13. The van der Waals surface area contributed by atoms with Gasteiger partial charge in [0.2, 0.25) is 12.0 Å². The van der Waals surface area contributed by atoms with Crippen molar-refractivity contribution in [2.24, 2.45) is 0 Å². The highest BCUT2D eigenvalue weighted by Gasteiger charge is 2.25. The molecule has 1 unspecified atom stereocenters. The Morgan fingerprint density at radius 2 is 1.81 bits per heavy atom. The topological polar surface area (TPSA) is 34.1 Å². The van der Waals surface area contributed by atoms with Crippen LogP contribution in [0.15, 0.2) is 24.3 Å². The number of carbonyl (C=O) groups excluding carboxylic acids is 2. The number of Topliss-reactive ketones (excluding diaryl/α,β-unsaturated/α-hetero) is 2. The summed E-state index contributed by atoms with van der Waals surface area (Å²) in [4.78, 5) is 22.8. The smallest absolute Gasteiger partial charge is 0.220 e. The van der Waals surface area contributed by atoms with Crippen molar-refractivity contribution in [3.63, 3.8) is 0 Å². The van der Waals surface area contributed by atoms with Crippen LogP contribution >= 0.6 is 0 Å². The van der Waals surface area contributed by atoms with Crippen molar-refractivity contribution in [3.05, 3.63) is 35.4 Å². The molecule has 1 aromatic rings. The fourth-order valence-electron chi connectivity index (χ4n) is 1.38. The molecule has 0 fully saturated rings. The quantitative estimate of drug-likeness (QED) is 0.567. The molecule has 16 heavy (non-hydrogen) atoms. The van der Waals surface area contributed by atoms with Crippen LogP contribution in [0.2, 0.25) is 0 Å². The normalized spacial score (nSPS) is 12.2. The van der Waals surface area contributed by atoms with E-state index in [-0.39, 0.29) is 12.0 Å². The van der Waals surface area contributed by atoms with Crippen molar-refractivity contribution in [2.75, 3.05) is 0 Å². The third-order valence-corrected chi connectivity index (χ3v) is 2.35. The third kappa shape index (κ3) is 2.99. The summed E-state index contributed by atoms with van der Waals surface area (Å²) in [6, 6.07) is 6.54. The molecule has 0 saturated heterocycles. The maximum Gasteiger partial charge on any atom is 0.220 e. The number of benzene rings is 1. The highest BCUT2D eigenvalue weighted by Crippen LogP contribution is 2.11. The predicted octanol–water partition coefficient (Wildman–Crippen LogP) is 2.89. The minimum atomic E-state index is -2.01. The third-order valence-electron chi connectivity index (χ3n) is 2.35. The molecule has 86 valence electrons. The van der Waals surface area contributed by atoms with E-state index in [9.17, 15) is 14.0 Å². The fourth-order valence-corrected chi connectivity index (χ4v) is 1.38. The number of ketones is 2.